The molecule has 2 heterocycles. The highest BCUT2D eigenvalue weighted by Crippen LogP contribution is 2.23. The van der Waals surface area contributed by atoms with Crippen LogP contribution in [0.25, 0.3) is 22.8 Å². The Kier molecular flexibility index (Phi) is 4.90. The molecular weight excluding hydrogens is 370 g/mol. The van der Waals surface area contributed by atoms with Crippen LogP contribution in [0, 0.1) is 0 Å². The van der Waals surface area contributed by atoms with Gasteiger partial charge >= 0.3 is 0 Å². The first kappa shape index (κ1) is 18.2. The summed E-state index contributed by atoms with van der Waals surface area (Å²) in [6, 6.07) is 14.6. The number of benzene rings is 2. The molecule has 4 aromatic rings. The Hall–Kier alpha value is -4.20. The number of methoxy groups -OCH3 is 1. The molecule has 0 aliphatic heterocycles. The second kappa shape index (κ2) is 7.81. The molecule has 0 fully saturated rings. The molecule has 0 saturated heterocycles. The number of H-pyrrole nitrogens is 1. The molecule has 0 unspecified atom stereocenters. The molecule has 0 spiro atoms. The number of hydrogen-bond donors (Lipinski definition) is 2. The Morgan fingerprint density at radius 2 is 1.97 bits per heavy atom. The van der Waals surface area contributed by atoms with Gasteiger partial charge in [0.25, 0.3) is 5.56 Å². The predicted molar refractivity (Wildman–Crippen MR) is 110 cm³/mol. The van der Waals surface area contributed by atoms with Gasteiger partial charge in [-0.1, -0.05) is 30.3 Å². The third-order valence-electron chi connectivity index (χ3n) is 4.31. The van der Waals surface area contributed by atoms with E-state index in [1.165, 1.54) is 23.3 Å². The van der Waals surface area contributed by atoms with Gasteiger partial charge in [-0.25, -0.2) is 9.67 Å². The SMILES string of the molecule is COc1ccccc1/C=C/C(=O)Nc1ccccc1-n1ncc2c(=O)[nH]cnc21. The van der Waals surface area contributed by atoms with E-state index in [1.807, 2.05) is 30.3 Å². The van der Waals surface area contributed by atoms with Crippen molar-refractivity contribution in [2.24, 2.45) is 0 Å². The zero-order valence-corrected chi connectivity index (χ0v) is 15.5. The summed E-state index contributed by atoms with van der Waals surface area (Å²) in [5, 5.41) is 7.47. The van der Waals surface area contributed by atoms with E-state index in [2.05, 4.69) is 20.4 Å². The minimum Gasteiger partial charge on any atom is -0.496 e. The first-order valence-electron chi connectivity index (χ1n) is 8.80. The topological polar surface area (TPSA) is 102 Å². The van der Waals surface area contributed by atoms with Crippen LogP contribution in [0.4, 0.5) is 5.69 Å². The zero-order chi connectivity index (χ0) is 20.2. The van der Waals surface area contributed by atoms with Crippen molar-refractivity contribution in [1.82, 2.24) is 19.7 Å². The van der Waals surface area contributed by atoms with E-state index in [1.54, 1.807) is 31.4 Å². The Morgan fingerprint density at radius 1 is 1.17 bits per heavy atom. The summed E-state index contributed by atoms with van der Waals surface area (Å²) in [7, 11) is 1.58. The summed E-state index contributed by atoms with van der Waals surface area (Å²) in [6.45, 7) is 0. The molecule has 29 heavy (non-hydrogen) atoms. The molecule has 0 radical (unpaired) electrons. The lowest BCUT2D eigenvalue weighted by Crippen LogP contribution is -2.12. The average molecular weight is 387 g/mol. The quantitative estimate of drug-likeness (QED) is 0.513. The van der Waals surface area contributed by atoms with Crippen LogP contribution in [0.1, 0.15) is 5.56 Å². The fourth-order valence-corrected chi connectivity index (χ4v) is 2.94. The summed E-state index contributed by atoms with van der Waals surface area (Å²) in [5.41, 5.74) is 2.05. The zero-order valence-electron chi connectivity index (χ0n) is 15.5. The number of nitrogens with one attached hydrogen (secondary N) is 2. The van der Waals surface area contributed by atoms with E-state index < -0.39 is 0 Å². The van der Waals surface area contributed by atoms with Crippen molar-refractivity contribution in [2.45, 2.75) is 0 Å². The third-order valence-corrected chi connectivity index (χ3v) is 4.31. The van der Waals surface area contributed by atoms with Crippen molar-refractivity contribution in [3.63, 3.8) is 0 Å². The molecule has 2 aromatic carbocycles. The summed E-state index contributed by atoms with van der Waals surface area (Å²) >= 11 is 0. The number of fused-ring (bicyclic) bond motifs is 1. The summed E-state index contributed by atoms with van der Waals surface area (Å²) in [4.78, 5) is 31.1. The Balaban J connectivity index is 1.63. The van der Waals surface area contributed by atoms with Crippen molar-refractivity contribution < 1.29 is 9.53 Å². The van der Waals surface area contributed by atoms with Gasteiger partial charge in [-0.3, -0.25) is 9.59 Å². The van der Waals surface area contributed by atoms with Gasteiger partial charge in [-0.15, -0.1) is 0 Å². The Bertz CT molecular complexity index is 1270. The second-order valence-corrected chi connectivity index (χ2v) is 6.11. The minimum absolute atomic E-state index is 0.275. The molecule has 0 saturated carbocycles. The van der Waals surface area contributed by atoms with Crippen LogP contribution in [0.15, 0.2) is 71.9 Å². The number of ether oxygens (including phenoxy) is 1. The van der Waals surface area contributed by atoms with E-state index in [4.69, 9.17) is 4.74 Å². The lowest BCUT2D eigenvalue weighted by molar-refractivity contribution is -0.111. The predicted octanol–water partition coefficient (Wildman–Crippen LogP) is 2.77. The molecule has 8 nitrogen and oxygen atoms in total. The number of carbonyl (C=O) groups excluding carboxylic acids is 1. The number of para-hydroxylation sites is 3. The lowest BCUT2D eigenvalue weighted by atomic mass is 10.2. The van der Waals surface area contributed by atoms with Crippen LogP contribution >= 0.6 is 0 Å². The van der Waals surface area contributed by atoms with Crippen LogP contribution in [0.2, 0.25) is 0 Å². The fraction of sp³-hybridized carbons (Fsp3) is 0.0476. The van der Waals surface area contributed by atoms with E-state index >= 15 is 0 Å². The number of hydrogen-bond acceptors (Lipinski definition) is 5. The van der Waals surface area contributed by atoms with Gasteiger partial charge in [0, 0.05) is 11.6 Å². The molecule has 2 aromatic heterocycles. The number of rotatable bonds is 5. The normalized spacial score (nSPS) is 11.1. The van der Waals surface area contributed by atoms with Crippen LogP contribution in [0.3, 0.4) is 0 Å². The summed E-state index contributed by atoms with van der Waals surface area (Å²) in [6.07, 6.45) is 5.88. The van der Waals surface area contributed by atoms with Gasteiger partial charge in [0.05, 0.1) is 31.0 Å². The van der Waals surface area contributed by atoms with Crippen LogP contribution < -0.4 is 15.6 Å². The van der Waals surface area contributed by atoms with Crippen LogP contribution in [-0.2, 0) is 4.79 Å². The maximum atomic E-state index is 12.5. The van der Waals surface area contributed by atoms with E-state index in [0.717, 1.165) is 5.56 Å². The molecule has 0 aliphatic carbocycles. The Morgan fingerprint density at radius 3 is 2.83 bits per heavy atom. The van der Waals surface area contributed by atoms with Crippen LogP contribution in [-0.4, -0.2) is 32.8 Å². The molecule has 0 atom stereocenters. The molecule has 1 amide bonds. The number of aromatic amines is 1. The fourth-order valence-electron chi connectivity index (χ4n) is 2.94. The van der Waals surface area contributed by atoms with Crippen molar-refractivity contribution in [1.29, 1.82) is 0 Å². The van der Waals surface area contributed by atoms with Gasteiger partial charge in [-0.05, 0) is 24.3 Å². The largest absolute Gasteiger partial charge is 0.496 e. The molecular formula is C21H17N5O3. The lowest BCUT2D eigenvalue weighted by Gasteiger charge is -2.10. The standard InChI is InChI=1S/C21H17N5O3/c1-29-18-9-5-2-6-14(18)10-11-19(27)25-16-7-3-4-8-17(16)26-20-15(12-24-26)21(28)23-13-22-20/h2-13H,1H3,(H,25,27)(H,22,23,28)/b11-10+. The highest BCUT2D eigenvalue weighted by Gasteiger charge is 2.13. The molecule has 0 bridgehead atoms. The van der Waals surface area contributed by atoms with E-state index in [-0.39, 0.29) is 11.5 Å². The number of carbonyl (C=O) groups is 1. The second-order valence-electron chi connectivity index (χ2n) is 6.11. The smallest absolute Gasteiger partial charge is 0.261 e. The monoisotopic (exact) mass is 387 g/mol. The highest BCUT2D eigenvalue weighted by molar-refractivity contribution is 6.03. The number of nitrogens with zero attached hydrogens (tertiary/aromatic N) is 3. The third kappa shape index (κ3) is 3.63. The van der Waals surface area contributed by atoms with E-state index in [9.17, 15) is 9.59 Å². The molecule has 144 valence electrons. The molecule has 8 heteroatoms. The molecule has 4 rings (SSSR count). The minimum atomic E-state index is -0.314. The first-order chi connectivity index (χ1) is 14.2. The van der Waals surface area contributed by atoms with Gasteiger partial charge in [-0.2, -0.15) is 5.10 Å². The average Bonchev–Trinajstić information content (AvgIpc) is 3.18. The van der Waals surface area contributed by atoms with Crippen molar-refractivity contribution >= 4 is 28.7 Å². The Labute approximate surface area is 165 Å². The molecule has 2 N–H and O–H groups in total. The maximum absolute atomic E-state index is 12.5. The van der Waals surface area contributed by atoms with E-state index in [0.29, 0.717) is 28.2 Å². The number of aromatic nitrogens is 4. The first-order valence-corrected chi connectivity index (χ1v) is 8.80. The number of anilines is 1. The van der Waals surface area contributed by atoms with Gasteiger partial charge in [0.1, 0.15) is 11.1 Å². The molecule has 0 aliphatic rings. The summed E-state index contributed by atoms with van der Waals surface area (Å²) < 4.78 is 6.80. The summed E-state index contributed by atoms with van der Waals surface area (Å²) in [5.74, 6) is 0.363. The highest BCUT2D eigenvalue weighted by atomic mass is 16.5. The van der Waals surface area contributed by atoms with Gasteiger partial charge in [0.15, 0.2) is 5.65 Å². The maximum Gasteiger partial charge on any atom is 0.261 e. The van der Waals surface area contributed by atoms with Gasteiger partial charge in [0.2, 0.25) is 5.91 Å². The van der Waals surface area contributed by atoms with Crippen molar-refractivity contribution in [3.05, 3.63) is 83.0 Å². The van der Waals surface area contributed by atoms with Crippen molar-refractivity contribution in [2.75, 3.05) is 12.4 Å². The van der Waals surface area contributed by atoms with Gasteiger partial charge < -0.3 is 15.0 Å². The van der Waals surface area contributed by atoms with Crippen LogP contribution in [0.5, 0.6) is 5.75 Å². The number of amides is 1. The van der Waals surface area contributed by atoms with Crippen molar-refractivity contribution in [3.8, 4) is 11.4 Å².